The smallest absolute Gasteiger partial charge is 0.260 e. The van der Waals surface area contributed by atoms with Crippen molar-refractivity contribution < 1.29 is 9.53 Å². The third kappa shape index (κ3) is 4.53. The summed E-state index contributed by atoms with van der Waals surface area (Å²) < 4.78 is 5.80. The molecule has 0 fully saturated rings. The quantitative estimate of drug-likeness (QED) is 0.841. The second-order valence-electron chi connectivity index (χ2n) is 5.41. The molecule has 0 aliphatic rings. The van der Waals surface area contributed by atoms with Gasteiger partial charge in [0, 0.05) is 17.6 Å². The van der Waals surface area contributed by atoms with E-state index in [1.807, 2.05) is 45.9 Å². The fourth-order valence-electron chi connectivity index (χ4n) is 1.83. The number of hydrogen-bond acceptors (Lipinski definition) is 3. The van der Waals surface area contributed by atoms with Crippen molar-refractivity contribution in [1.29, 1.82) is 0 Å². The fraction of sp³-hybridized carbons (Fsp3) is 0.562. The zero-order valence-corrected chi connectivity index (χ0v) is 13.1. The van der Waals surface area contributed by atoms with Gasteiger partial charge in [0.1, 0.15) is 5.75 Å². The highest BCUT2D eigenvalue weighted by atomic mass is 16.5. The lowest BCUT2D eigenvalue weighted by atomic mass is 10.1. The van der Waals surface area contributed by atoms with Crippen molar-refractivity contribution in [3.63, 3.8) is 0 Å². The molecule has 1 amide bonds. The molecule has 0 saturated carbocycles. The highest BCUT2D eigenvalue weighted by Crippen LogP contribution is 2.26. The zero-order chi connectivity index (χ0) is 15.3. The van der Waals surface area contributed by atoms with Crippen LogP contribution in [0, 0.1) is 6.92 Å². The monoisotopic (exact) mass is 278 g/mol. The highest BCUT2D eigenvalue weighted by molar-refractivity contribution is 5.81. The van der Waals surface area contributed by atoms with Gasteiger partial charge in [-0.25, -0.2) is 0 Å². The van der Waals surface area contributed by atoms with E-state index in [2.05, 4.69) is 5.32 Å². The number of benzene rings is 1. The molecule has 2 unspecified atom stereocenters. The van der Waals surface area contributed by atoms with Crippen LogP contribution >= 0.6 is 0 Å². The van der Waals surface area contributed by atoms with Crippen LogP contribution in [0.3, 0.4) is 0 Å². The molecule has 0 bridgehead atoms. The standard InChI is InChI=1S/C16H26N2O2/c1-6-11(3)18-16(19)13(5)20-15-9-10(2)7-8-14(15)12(4)17/h7-9,11-13H,6,17H2,1-5H3,(H,18,19)/t11?,12-,13?/m0/s1. The third-order valence-corrected chi connectivity index (χ3v) is 3.33. The number of nitrogens with one attached hydrogen (secondary N) is 1. The van der Waals surface area contributed by atoms with Crippen molar-refractivity contribution in [2.75, 3.05) is 0 Å². The number of carbonyl (C=O) groups is 1. The zero-order valence-electron chi connectivity index (χ0n) is 13.1. The van der Waals surface area contributed by atoms with Gasteiger partial charge in [0.15, 0.2) is 6.10 Å². The van der Waals surface area contributed by atoms with Crippen LogP contribution in [0.1, 0.15) is 51.3 Å². The SMILES string of the molecule is CCC(C)NC(=O)C(C)Oc1cc(C)ccc1[C@H](C)N. The van der Waals surface area contributed by atoms with E-state index in [0.717, 1.165) is 17.5 Å². The van der Waals surface area contributed by atoms with Gasteiger partial charge in [0.2, 0.25) is 0 Å². The number of carbonyl (C=O) groups excluding carboxylic acids is 1. The predicted molar refractivity (Wildman–Crippen MR) is 81.8 cm³/mol. The van der Waals surface area contributed by atoms with E-state index in [4.69, 9.17) is 10.5 Å². The molecule has 0 aliphatic carbocycles. The number of nitrogens with two attached hydrogens (primary N) is 1. The van der Waals surface area contributed by atoms with E-state index in [1.165, 1.54) is 0 Å². The van der Waals surface area contributed by atoms with Crippen molar-refractivity contribution in [2.24, 2.45) is 5.73 Å². The summed E-state index contributed by atoms with van der Waals surface area (Å²) in [6.07, 6.45) is 0.358. The van der Waals surface area contributed by atoms with Crippen LogP contribution in [0.4, 0.5) is 0 Å². The van der Waals surface area contributed by atoms with E-state index in [-0.39, 0.29) is 18.0 Å². The molecule has 4 nitrogen and oxygen atoms in total. The lowest BCUT2D eigenvalue weighted by molar-refractivity contribution is -0.127. The largest absolute Gasteiger partial charge is 0.481 e. The Bertz CT molecular complexity index is 458. The van der Waals surface area contributed by atoms with Gasteiger partial charge in [-0.1, -0.05) is 19.1 Å². The van der Waals surface area contributed by atoms with E-state index in [9.17, 15) is 4.79 Å². The topological polar surface area (TPSA) is 64.3 Å². The Balaban J connectivity index is 2.81. The normalized spacial score (nSPS) is 15.3. The van der Waals surface area contributed by atoms with Crippen LogP contribution in [0.2, 0.25) is 0 Å². The number of rotatable bonds is 6. The molecule has 0 saturated heterocycles. The molecule has 20 heavy (non-hydrogen) atoms. The van der Waals surface area contributed by atoms with Crippen LogP contribution in [0.15, 0.2) is 18.2 Å². The Morgan fingerprint density at radius 3 is 2.55 bits per heavy atom. The first-order valence-electron chi connectivity index (χ1n) is 7.18. The Morgan fingerprint density at radius 2 is 2.00 bits per heavy atom. The first-order chi connectivity index (χ1) is 9.35. The molecule has 1 aromatic rings. The van der Waals surface area contributed by atoms with E-state index < -0.39 is 6.10 Å². The summed E-state index contributed by atoms with van der Waals surface area (Å²) in [4.78, 5) is 12.0. The summed E-state index contributed by atoms with van der Waals surface area (Å²) >= 11 is 0. The van der Waals surface area contributed by atoms with Crippen LogP contribution in [0.25, 0.3) is 0 Å². The number of amides is 1. The van der Waals surface area contributed by atoms with Gasteiger partial charge in [0.25, 0.3) is 5.91 Å². The average Bonchev–Trinajstić information content (AvgIpc) is 2.38. The minimum atomic E-state index is -0.539. The Kier molecular flexibility index (Phi) is 6.02. The van der Waals surface area contributed by atoms with Crippen molar-refractivity contribution >= 4 is 5.91 Å². The molecule has 0 radical (unpaired) electrons. The maximum atomic E-state index is 12.0. The lowest BCUT2D eigenvalue weighted by Crippen LogP contribution is -2.41. The van der Waals surface area contributed by atoms with Gasteiger partial charge in [0.05, 0.1) is 0 Å². The van der Waals surface area contributed by atoms with Crippen LogP contribution in [0.5, 0.6) is 5.75 Å². The summed E-state index contributed by atoms with van der Waals surface area (Å²) in [5.74, 6) is 0.586. The van der Waals surface area contributed by atoms with E-state index in [0.29, 0.717) is 5.75 Å². The van der Waals surface area contributed by atoms with Crippen molar-refractivity contribution in [3.8, 4) is 5.75 Å². The van der Waals surface area contributed by atoms with Crippen molar-refractivity contribution in [2.45, 2.75) is 59.2 Å². The fourth-order valence-corrected chi connectivity index (χ4v) is 1.83. The van der Waals surface area contributed by atoms with Gasteiger partial charge < -0.3 is 15.8 Å². The molecule has 0 aliphatic heterocycles. The summed E-state index contributed by atoms with van der Waals surface area (Å²) in [6.45, 7) is 9.66. The second kappa shape index (κ2) is 7.29. The molecule has 112 valence electrons. The Hall–Kier alpha value is -1.55. The molecule has 0 aromatic heterocycles. The van der Waals surface area contributed by atoms with E-state index in [1.54, 1.807) is 6.92 Å². The van der Waals surface area contributed by atoms with Crippen LogP contribution in [-0.4, -0.2) is 18.1 Å². The third-order valence-electron chi connectivity index (χ3n) is 3.33. The molecule has 0 heterocycles. The Morgan fingerprint density at radius 1 is 1.35 bits per heavy atom. The molecule has 3 N–H and O–H groups in total. The summed E-state index contributed by atoms with van der Waals surface area (Å²) in [5.41, 5.74) is 7.94. The van der Waals surface area contributed by atoms with Gasteiger partial charge in [-0.05, 0) is 45.7 Å². The summed E-state index contributed by atoms with van der Waals surface area (Å²) in [7, 11) is 0. The first kappa shape index (κ1) is 16.5. The second-order valence-corrected chi connectivity index (χ2v) is 5.41. The maximum absolute atomic E-state index is 12.0. The minimum Gasteiger partial charge on any atom is -0.481 e. The minimum absolute atomic E-state index is 0.100. The summed E-state index contributed by atoms with van der Waals surface area (Å²) in [5, 5.41) is 2.92. The Labute approximate surface area is 121 Å². The van der Waals surface area contributed by atoms with Gasteiger partial charge >= 0.3 is 0 Å². The molecule has 4 heteroatoms. The van der Waals surface area contributed by atoms with Crippen LogP contribution in [-0.2, 0) is 4.79 Å². The van der Waals surface area contributed by atoms with Crippen LogP contribution < -0.4 is 15.8 Å². The predicted octanol–water partition coefficient (Wildman–Crippen LogP) is 2.70. The molecule has 1 rings (SSSR count). The molecule has 0 spiro atoms. The number of aryl methyl sites for hydroxylation is 1. The first-order valence-corrected chi connectivity index (χ1v) is 7.18. The molecule has 1 aromatic carbocycles. The van der Waals surface area contributed by atoms with Gasteiger partial charge in [-0.3, -0.25) is 4.79 Å². The van der Waals surface area contributed by atoms with E-state index >= 15 is 0 Å². The molecular formula is C16H26N2O2. The molecule has 3 atom stereocenters. The van der Waals surface area contributed by atoms with Crippen molar-refractivity contribution in [1.82, 2.24) is 5.32 Å². The number of hydrogen-bond donors (Lipinski definition) is 2. The summed E-state index contributed by atoms with van der Waals surface area (Å²) in [6, 6.07) is 5.89. The lowest BCUT2D eigenvalue weighted by Gasteiger charge is -2.20. The van der Waals surface area contributed by atoms with Gasteiger partial charge in [-0.15, -0.1) is 0 Å². The number of ether oxygens (including phenoxy) is 1. The average molecular weight is 278 g/mol. The highest BCUT2D eigenvalue weighted by Gasteiger charge is 2.18. The molecular weight excluding hydrogens is 252 g/mol. The maximum Gasteiger partial charge on any atom is 0.260 e. The van der Waals surface area contributed by atoms with Gasteiger partial charge in [-0.2, -0.15) is 0 Å². The van der Waals surface area contributed by atoms with Crippen molar-refractivity contribution in [3.05, 3.63) is 29.3 Å².